The van der Waals surface area contributed by atoms with Crippen molar-refractivity contribution in [3.05, 3.63) is 209 Å². The second kappa shape index (κ2) is 35.7. The number of aliphatic imine (C=N–C) groups is 4. The Hall–Kier alpha value is -9.53. The molecular formula is C82H74Br2F8N16S4Si2. The van der Waals surface area contributed by atoms with Crippen LogP contribution in [0, 0.1) is 153 Å². The van der Waals surface area contributed by atoms with Gasteiger partial charge in [0.25, 0.3) is 0 Å². The number of nitriles is 4. The van der Waals surface area contributed by atoms with Crippen molar-refractivity contribution in [3.8, 4) is 71.9 Å². The normalized spacial score (nSPS) is 27.4. The average molecular weight is 1780 g/mol. The number of amidine groups is 4. The molecule has 4 aliphatic carbocycles. The Labute approximate surface area is 694 Å². The summed E-state index contributed by atoms with van der Waals surface area (Å²) in [5.41, 5.74) is 27.7. The van der Waals surface area contributed by atoms with Gasteiger partial charge in [-0.05, 0) is 132 Å². The zero-order chi connectivity index (χ0) is 83.6. The van der Waals surface area contributed by atoms with E-state index in [9.17, 15) is 35.1 Å². The highest BCUT2D eigenvalue weighted by Crippen LogP contribution is 2.71. The number of halogens is 10. The third-order valence-electron chi connectivity index (χ3n) is 20.1. The number of hydrogen-bond acceptors (Lipinski definition) is 18. The molecule has 114 heavy (non-hydrogen) atoms. The van der Waals surface area contributed by atoms with Crippen LogP contribution in [-0.4, -0.2) is 92.5 Å². The smallest absolute Gasteiger partial charge is 0.205 e. The number of benzene rings is 4. The molecule has 8 aliphatic rings. The maximum absolute atomic E-state index is 14.8. The van der Waals surface area contributed by atoms with Crippen LogP contribution in [0.2, 0.25) is 39.3 Å². The Morgan fingerprint density at radius 2 is 0.789 bits per heavy atom. The van der Waals surface area contributed by atoms with Gasteiger partial charge in [0, 0.05) is 98.5 Å². The zero-order valence-corrected chi connectivity index (χ0v) is 70.9. The lowest BCUT2D eigenvalue weighted by Crippen LogP contribution is -2.40. The third kappa shape index (κ3) is 19.2. The molecule has 14 rings (SSSR count). The first kappa shape index (κ1) is 88.4. The summed E-state index contributed by atoms with van der Waals surface area (Å²) in [6.07, 6.45) is 16.7. The lowest BCUT2D eigenvalue weighted by atomic mass is 9.84. The van der Waals surface area contributed by atoms with E-state index in [0.29, 0.717) is 63.9 Å². The van der Waals surface area contributed by atoms with Crippen LogP contribution in [0.3, 0.4) is 0 Å². The molecule has 0 amide bonds. The minimum atomic E-state index is -1.59. The summed E-state index contributed by atoms with van der Waals surface area (Å²) in [4.78, 5) is 31.6. The van der Waals surface area contributed by atoms with E-state index in [1.807, 2.05) is 0 Å². The Balaban J connectivity index is 0.000000165. The second-order valence-electron chi connectivity index (χ2n) is 30.0. The maximum atomic E-state index is 14.8. The fourth-order valence-corrected chi connectivity index (χ4v) is 20.8. The molecule has 0 saturated heterocycles. The first-order chi connectivity index (χ1) is 54.0. The Morgan fingerprint density at radius 3 is 1.09 bits per heavy atom. The molecule has 12 atom stereocenters. The van der Waals surface area contributed by atoms with Gasteiger partial charge >= 0.3 is 0 Å². The highest BCUT2D eigenvalue weighted by molar-refractivity contribution is 9.10. The van der Waals surface area contributed by atoms with Crippen LogP contribution in [0.25, 0.3) is 9.69 Å². The Morgan fingerprint density at radius 1 is 0.465 bits per heavy atom. The van der Waals surface area contributed by atoms with Crippen molar-refractivity contribution in [2.45, 2.75) is 132 Å². The molecule has 4 aromatic carbocycles. The number of alkyl halides is 4. The molecule has 8 N–H and O–H groups in total. The Bertz CT molecular complexity index is 5360. The average Bonchev–Trinajstić information content (AvgIpc) is 1.55. The predicted octanol–water partition coefficient (Wildman–Crippen LogP) is 18.1. The van der Waals surface area contributed by atoms with Gasteiger partial charge in [-0.25, -0.2) is 64.8 Å². The molecular weight excluding hydrogens is 1710 g/mol. The summed E-state index contributed by atoms with van der Waals surface area (Å²) in [6.45, 7) is 22.9. The number of terminal acetylenes is 2. The van der Waals surface area contributed by atoms with Crippen molar-refractivity contribution in [2.24, 2.45) is 66.6 Å². The number of pyridine rings is 2. The fraction of sp³-hybridized carbons (Fsp3) is 0.366. The van der Waals surface area contributed by atoms with E-state index in [-0.39, 0.29) is 92.3 Å². The van der Waals surface area contributed by atoms with Crippen LogP contribution in [0.4, 0.5) is 46.5 Å². The van der Waals surface area contributed by atoms with Crippen LogP contribution in [0.5, 0.6) is 0 Å². The Kier molecular flexibility index (Phi) is 27.7. The van der Waals surface area contributed by atoms with Crippen molar-refractivity contribution in [2.75, 3.05) is 26.7 Å². The highest BCUT2D eigenvalue weighted by Gasteiger charge is 2.72. The van der Waals surface area contributed by atoms with E-state index in [0.717, 1.165) is 4.60 Å². The van der Waals surface area contributed by atoms with Crippen LogP contribution in [0.1, 0.15) is 96.0 Å². The number of nitrogens with two attached hydrogens (primary N) is 4. The van der Waals surface area contributed by atoms with Crippen molar-refractivity contribution >= 4 is 127 Å². The van der Waals surface area contributed by atoms with Gasteiger partial charge in [0.1, 0.15) is 98.6 Å². The van der Waals surface area contributed by atoms with Gasteiger partial charge in [-0.3, -0.25) is 9.97 Å². The topological polar surface area (TPSA) is 283 Å². The van der Waals surface area contributed by atoms with Crippen LogP contribution < -0.4 is 22.9 Å². The summed E-state index contributed by atoms with van der Waals surface area (Å²) >= 11 is 11.6. The minimum Gasteiger partial charge on any atom is -0.378 e. The van der Waals surface area contributed by atoms with E-state index >= 15 is 0 Å². The molecule has 0 radical (unpaired) electrons. The van der Waals surface area contributed by atoms with Crippen molar-refractivity contribution in [1.82, 2.24) is 9.97 Å². The molecule has 16 nitrogen and oxygen atoms in total. The second-order valence-corrected chi connectivity index (χ2v) is 47.0. The number of aromatic nitrogens is 2. The standard InChI is InChI=1S/C22H15F2N5S.C19H21F2N3SSi.C16H13F2N3S.C14H12BrF2N3S.C6H3BrN2.C5H10Si/c1-27-16-6-5-15(28-12-16)4-2-14-3-7-18(24)17(10-14)22(13-23)19-11-21(19,8-9-25)30-20(26)29-22;1-26(2,3)9-6-13-4-5-15(21)14(10-13)19(12-20)16-11-18(16,7-8-22)25-17(23)24-19;1-2-10-3-4-12(18)11(7-10)16(9-17)13-8-15(13,5-6-19)22-14(20)21-16;15-8-1-2-10(17)9(5-8)14(7-16)11-6-13(11,3-4-18)21-12(19)20-14;1-8-5-2-3-6(7)9-4-5;1-5-6(2,3)4/h3,5-7,10,12,19H,8,11,13H2,(H2,26,29);4-5,10,16H,7,11-12H2,1-3H3,(H2,23,24);1,3-4,7,13H,5,8-9H2,(H2,20,21);1-2,5,11H,3,6-7H2,(H2,19,20);2-4H;1H,2-4H3/t19-,21+,22-;16-,18+,19-;13-,15+,16-;11-,13+,14-;;/m1111../s1. The fourth-order valence-electron chi connectivity index (χ4n) is 14.3. The SMILES string of the molecule is C#C[Si](C)(C)C.C#Cc1ccc(F)c([C@@]2(CF)N=C(N)S[C@@]3(CC#N)C[C@H]32)c1.C[Si](C)(C)C#Cc1ccc(F)c([C@@]2(CF)N=C(N)S[C@@]3(CC#N)C[C@H]32)c1.N#CC[C@]12C[C@H]1[C@@](CF)(c1cc(Br)ccc1F)N=C(N)S2.[C-]#[N+]c1ccc(Br)nc1.[C-]#[N+]c1ccc(C#Cc2ccc(F)c([C@@]3(CF)N=C(N)S[C@@]4(CC#N)C[C@H]43)c2)nc1. The lowest BCUT2D eigenvalue weighted by molar-refractivity contribution is 0.263. The van der Waals surface area contributed by atoms with E-state index < -0.39 is 107 Å². The highest BCUT2D eigenvalue weighted by atomic mass is 79.9. The molecule has 6 aromatic rings. The first-order valence-electron chi connectivity index (χ1n) is 35.1. The number of nitrogens with zero attached hydrogens (tertiary/aromatic N) is 12. The summed E-state index contributed by atoms with van der Waals surface area (Å²) in [7, 11) is -2.70. The molecule has 4 saturated carbocycles. The lowest BCUT2D eigenvalue weighted by Gasteiger charge is -2.34. The van der Waals surface area contributed by atoms with Gasteiger partial charge < -0.3 is 22.9 Å². The molecule has 6 heterocycles. The van der Waals surface area contributed by atoms with Crippen molar-refractivity contribution in [1.29, 1.82) is 21.0 Å². The number of fused-ring (bicyclic) bond motifs is 4. The summed E-state index contributed by atoms with van der Waals surface area (Å²) < 4.78 is 114. The molecule has 584 valence electrons. The monoisotopic (exact) mass is 1780 g/mol. The summed E-state index contributed by atoms with van der Waals surface area (Å²) in [5, 5.41) is 37.1. The largest absolute Gasteiger partial charge is 0.378 e. The molecule has 0 spiro atoms. The molecule has 4 fully saturated rings. The van der Waals surface area contributed by atoms with Gasteiger partial charge in [0.2, 0.25) is 11.4 Å². The molecule has 32 heteroatoms. The van der Waals surface area contributed by atoms with Gasteiger partial charge in [-0.2, -0.15) is 21.0 Å². The quantitative estimate of drug-likeness (QED) is 0.0291. The van der Waals surface area contributed by atoms with E-state index in [1.54, 1.807) is 48.5 Å². The van der Waals surface area contributed by atoms with Crippen molar-refractivity contribution in [3.63, 3.8) is 0 Å². The van der Waals surface area contributed by atoms with Gasteiger partial charge in [-0.1, -0.05) is 132 Å². The predicted molar refractivity (Wildman–Crippen MR) is 450 cm³/mol. The van der Waals surface area contributed by atoms with Crippen LogP contribution >= 0.6 is 78.9 Å². The van der Waals surface area contributed by atoms with E-state index in [4.69, 9.17) is 70.0 Å². The maximum Gasteiger partial charge on any atom is 0.205 e. The van der Waals surface area contributed by atoms with Gasteiger partial charge in [0.15, 0.2) is 20.7 Å². The van der Waals surface area contributed by atoms with Crippen molar-refractivity contribution < 1.29 is 35.1 Å². The molecule has 2 aromatic heterocycles. The number of hydrogen-bond donors (Lipinski definition) is 4. The molecule has 4 aliphatic heterocycles. The van der Waals surface area contributed by atoms with Gasteiger partial charge in [0.05, 0.1) is 63.1 Å². The minimum absolute atomic E-state index is 0.0983. The van der Waals surface area contributed by atoms with Crippen LogP contribution in [0.15, 0.2) is 139 Å². The number of rotatable bonds is 12. The zero-order valence-electron chi connectivity index (χ0n) is 62.4. The number of thioether (sulfide) groups is 4. The first-order valence-corrected chi connectivity index (χ1v) is 46.9. The van der Waals surface area contributed by atoms with Crippen LogP contribution in [-0.2, 0) is 22.2 Å². The molecule has 0 unspecified atom stereocenters. The summed E-state index contributed by atoms with van der Waals surface area (Å²) in [6, 6.07) is 32.5. The van der Waals surface area contributed by atoms with E-state index in [2.05, 4.69) is 170 Å². The van der Waals surface area contributed by atoms with E-state index in [1.165, 1.54) is 108 Å². The third-order valence-corrected chi connectivity index (χ3v) is 28.0. The van der Waals surface area contributed by atoms with Gasteiger partial charge in [-0.15, -0.1) is 23.9 Å². The summed E-state index contributed by atoms with van der Waals surface area (Å²) in [5.74, 6) is 8.10. The molecule has 0 bridgehead atoms.